The smallest absolute Gasteiger partial charge is 0.804 e. The molecule has 4 nitrogen and oxygen atoms in total. The summed E-state index contributed by atoms with van der Waals surface area (Å²) >= 11 is 0. The van der Waals surface area contributed by atoms with Crippen molar-refractivity contribution in [3.63, 3.8) is 0 Å². The van der Waals surface area contributed by atoms with Gasteiger partial charge in [0, 0.05) is 0 Å². The normalized spacial score (nSPS) is 8.15. The third-order valence-electron chi connectivity index (χ3n) is 0.667. The maximum absolute atomic E-state index is 8.46. The molecule has 0 radical (unpaired) electrons. The Kier molecular flexibility index (Phi) is 34.4. The molecular weight excluding hydrogens is 238 g/mol. The predicted molar refractivity (Wildman–Crippen MR) is 53.0 cm³/mol. The maximum atomic E-state index is 8.46. The van der Waals surface area contributed by atoms with Crippen molar-refractivity contribution in [2.45, 2.75) is 0 Å². The Morgan fingerprint density at radius 3 is 0.846 bits per heavy atom. The number of hydrogen-bond acceptors (Lipinski definition) is 4. The average molecular weight is 248 g/mol. The number of benzene rings is 1. The topological polar surface area (TPSA) is 80.3 Å². The molecule has 1 aromatic rings. The van der Waals surface area contributed by atoms with Crippen LogP contribution in [0.4, 0.5) is 0 Å². The van der Waals surface area contributed by atoms with Gasteiger partial charge in [0.25, 0.3) is 0 Å². The van der Waals surface area contributed by atoms with Crippen LogP contribution in [0, 0.1) is 0 Å². The van der Waals surface area contributed by atoms with Crippen molar-refractivity contribution in [1.29, 1.82) is 0 Å². The van der Waals surface area contributed by atoms with Gasteiger partial charge in [-0.3, -0.25) is 0 Å². The van der Waals surface area contributed by atoms with Gasteiger partial charge in [-0.25, -0.2) is 0 Å². The SMILES string of the molecule is O=[PH2][O-].O=[PH2][O-].[Ca+2].c1ccccc1. The molecule has 0 aliphatic heterocycles. The standard InChI is InChI=1S/C6H6.Ca.2H3O2P/c1-2-4-6-5-3-1;;2*1-3-2/h1-6H;;2*3H2,(H,1,2)/q;+2;;/p-2. The van der Waals surface area contributed by atoms with Gasteiger partial charge in [-0.05, 0) is 17.4 Å². The van der Waals surface area contributed by atoms with Gasteiger partial charge in [-0.1, -0.05) is 36.4 Å². The minimum atomic E-state index is -1.75. The van der Waals surface area contributed by atoms with E-state index < -0.39 is 17.4 Å². The van der Waals surface area contributed by atoms with Gasteiger partial charge in [-0.15, -0.1) is 0 Å². The molecule has 0 bridgehead atoms. The Morgan fingerprint density at radius 1 is 0.692 bits per heavy atom. The zero-order valence-electron chi connectivity index (χ0n) is 6.96. The first-order valence-electron chi connectivity index (χ1n) is 2.94. The molecule has 0 saturated carbocycles. The van der Waals surface area contributed by atoms with E-state index >= 15 is 0 Å². The molecule has 0 aromatic heterocycles. The second kappa shape index (κ2) is 23.0. The van der Waals surface area contributed by atoms with E-state index in [9.17, 15) is 0 Å². The van der Waals surface area contributed by atoms with E-state index in [1.807, 2.05) is 36.4 Å². The molecule has 1 aromatic carbocycles. The Balaban J connectivity index is -0.000000126. The first-order chi connectivity index (χ1) is 5.83. The van der Waals surface area contributed by atoms with Crippen LogP contribution in [0.1, 0.15) is 0 Å². The Hall–Kier alpha value is 0.860. The summed E-state index contributed by atoms with van der Waals surface area (Å²) in [7, 11) is -3.50. The van der Waals surface area contributed by atoms with Crippen molar-refractivity contribution in [3.8, 4) is 0 Å². The van der Waals surface area contributed by atoms with Crippen LogP contribution in [0.3, 0.4) is 0 Å². The Morgan fingerprint density at radius 2 is 0.769 bits per heavy atom. The fourth-order valence-electron chi connectivity index (χ4n) is 0.385. The molecule has 0 aliphatic rings. The summed E-state index contributed by atoms with van der Waals surface area (Å²) in [6, 6.07) is 12.0. The van der Waals surface area contributed by atoms with Crippen molar-refractivity contribution >= 4 is 55.1 Å². The summed E-state index contributed by atoms with van der Waals surface area (Å²) in [5.41, 5.74) is 0. The van der Waals surface area contributed by atoms with E-state index in [1.54, 1.807) is 0 Å². The van der Waals surface area contributed by atoms with Gasteiger partial charge in [0.15, 0.2) is 0 Å². The summed E-state index contributed by atoms with van der Waals surface area (Å²) in [6.07, 6.45) is 0. The van der Waals surface area contributed by atoms with Crippen LogP contribution in [0.15, 0.2) is 36.4 Å². The van der Waals surface area contributed by atoms with E-state index in [1.165, 1.54) is 0 Å². The zero-order valence-corrected chi connectivity index (χ0v) is 11.5. The third-order valence-corrected chi connectivity index (χ3v) is 0.667. The van der Waals surface area contributed by atoms with Crippen LogP contribution < -0.4 is 9.79 Å². The van der Waals surface area contributed by atoms with E-state index in [2.05, 4.69) is 0 Å². The van der Waals surface area contributed by atoms with E-state index in [-0.39, 0.29) is 37.7 Å². The van der Waals surface area contributed by atoms with Crippen LogP contribution >= 0.6 is 17.4 Å². The summed E-state index contributed by atoms with van der Waals surface area (Å²) in [4.78, 5) is 16.9. The molecule has 13 heavy (non-hydrogen) atoms. The zero-order chi connectivity index (χ0) is 9.66. The molecule has 2 unspecified atom stereocenters. The molecule has 0 spiro atoms. The van der Waals surface area contributed by atoms with Gasteiger partial charge in [0.05, 0.1) is 0 Å². The minimum Gasteiger partial charge on any atom is -0.804 e. The summed E-state index contributed by atoms with van der Waals surface area (Å²) in [5, 5.41) is 0. The molecule has 0 amide bonds. The van der Waals surface area contributed by atoms with Crippen LogP contribution in [0.2, 0.25) is 0 Å². The number of rotatable bonds is 0. The van der Waals surface area contributed by atoms with Gasteiger partial charge in [0.2, 0.25) is 0 Å². The first kappa shape index (κ1) is 19.4. The fourth-order valence-corrected chi connectivity index (χ4v) is 0.385. The monoisotopic (exact) mass is 248 g/mol. The van der Waals surface area contributed by atoms with Crippen LogP contribution in [-0.4, -0.2) is 37.7 Å². The van der Waals surface area contributed by atoms with Crippen LogP contribution in [0.25, 0.3) is 0 Å². The van der Waals surface area contributed by atoms with Crippen LogP contribution in [-0.2, 0) is 9.13 Å². The first-order valence-corrected chi connectivity index (χ1v) is 4.83. The fraction of sp³-hybridized carbons (Fsp3) is 0. The van der Waals surface area contributed by atoms with Crippen molar-refractivity contribution in [2.75, 3.05) is 0 Å². The van der Waals surface area contributed by atoms with Gasteiger partial charge in [0.1, 0.15) is 0 Å². The molecule has 7 heteroatoms. The molecule has 2 atom stereocenters. The second-order valence-corrected chi connectivity index (χ2v) is 1.73. The third kappa shape index (κ3) is 32.2. The van der Waals surface area contributed by atoms with Crippen molar-refractivity contribution < 1.29 is 18.9 Å². The predicted octanol–water partition coefficient (Wildman–Crippen LogP) is -0.658. The maximum Gasteiger partial charge on any atom is 2.00 e. The molecule has 0 heterocycles. The second-order valence-electron chi connectivity index (χ2n) is 1.35. The number of hydrogen-bond donors (Lipinski definition) is 0. The minimum absolute atomic E-state index is 0. The molecule has 0 aliphatic carbocycles. The van der Waals surface area contributed by atoms with Gasteiger partial charge < -0.3 is 18.9 Å². The van der Waals surface area contributed by atoms with Gasteiger partial charge >= 0.3 is 37.7 Å². The van der Waals surface area contributed by atoms with E-state index in [4.69, 9.17) is 18.9 Å². The Labute approximate surface area is 110 Å². The average Bonchev–Trinajstić information content (AvgIpc) is 2.10. The van der Waals surface area contributed by atoms with E-state index in [0.717, 1.165) is 0 Å². The van der Waals surface area contributed by atoms with Crippen molar-refractivity contribution in [2.24, 2.45) is 0 Å². The molecule has 0 N–H and O–H groups in total. The molecule has 70 valence electrons. The quantitative estimate of drug-likeness (QED) is 0.451. The molecule has 0 fully saturated rings. The van der Waals surface area contributed by atoms with Crippen molar-refractivity contribution in [1.82, 2.24) is 0 Å². The Bertz CT molecular complexity index is 153. The summed E-state index contributed by atoms with van der Waals surface area (Å²) in [5.74, 6) is 0. The molecular formula is C6H10CaO4P2. The summed E-state index contributed by atoms with van der Waals surface area (Å²) in [6.45, 7) is 0. The molecule has 1 rings (SSSR count). The largest absolute Gasteiger partial charge is 2.00 e. The van der Waals surface area contributed by atoms with Gasteiger partial charge in [-0.2, -0.15) is 0 Å². The van der Waals surface area contributed by atoms with Crippen LogP contribution in [0.5, 0.6) is 0 Å². The molecule has 0 saturated heterocycles. The summed E-state index contributed by atoms with van der Waals surface area (Å²) < 4.78 is 16.9. The van der Waals surface area contributed by atoms with Crippen molar-refractivity contribution in [3.05, 3.63) is 36.4 Å². The van der Waals surface area contributed by atoms with E-state index in [0.29, 0.717) is 0 Å².